The maximum absolute atomic E-state index is 9.20. The van der Waals surface area contributed by atoms with Gasteiger partial charge in [-0.25, -0.2) is 0 Å². The summed E-state index contributed by atoms with van der Waals surface area (Å²) in [5.41, 5.74) is -1.66. The maximum atomic E-state index is 9.20. The van der Waals surface area contributed by atoms with Gasteiger partial charge in [-0.3, -0.25) is 0 Å². The number of aromatic amines is 1. The standard InChI is InChI=1S/C14H24N4.C4H5N/c1-11(2)7-13(5,9-15)17-18-14(6,10-16)8-12(3)4;1-2-4-5-3-1/h11-12H,7-8H2,1-6H3;1-5H. The van der Waals surface area contributed by atoms with Crippen molar-refractivity contribution >= 4 is 0 Å². The van der Waals surface area contributed by atoms with E-state index in [0.29, 0.717) is 24.7 Å². The summed E-state index contributed by atoms with van der Waals surface area (Å²) in [7, 11) is 0. The summed E-state index contributed by atoms with van der Waals surface area (Å²) >= 11 is 0. The van der Waals surface area contributed by atoms with Gasteiger partial charge in [0, 0.05) is 12.4 Å². The second-order valence-electron chi connectivity index (χ2n) is 7.05. The van der Waals surface area contributed by atoms with E-state index in [4.69, 9.17) is 0 Å². The minimum absolute atomic E-state index is 0.368. The van der Waals surface area contributed by atoms with E-state index >= 15 is 0 Å². The lowest BCUT2D eigenvalue weighted by Crippen LogP contribution is -2.26. The van der Waals surface area contributed by atoms with Gasteiger partial charge in [0.05, 0.1) is 12.1 Å². The minimum Gasteiger partial charge on any atom is -0.368 e. The summed E-state index contributed by atoms with van der Waals surface area (Å²) in [5, 5.41) is 26.7. The van der Waals surface area contributed by atoms with E-state index in [1.54, 1.807) is 13.8 Å². The molecule has 0 spiro atoms. The zero-order valence-electron chi connectivity index (χ0n) is 15.2. The number of azo groups is 1. The van der Waals surface area contributed by atoms with Crippen LogP contribution in [-0.2, 0) is 0 Å². The van der Waals surface area contributed by atoms with E-state index in [9.17, 15) is 10.5 Å². The Morgan fingerprint density at radius 3 is 1.39 bits per heavy atom. The Morgan fingerprint density at radius 2 is 1.22 bits per heavy atom. The molecule has 5 heteroatoms. The van der Waals surface area contributed by atoms with Crippen LogP contribution < -0.4 is 0 Å². The van der Waals surface area contributed by atoms with Crippen LogP contribution in [0.15, 0.2) is 34.8 Å². The molecule has 0 bridgehead atoms. The van der Waals surface area contributed by atoms with Crippen LogP contribution in [0, 0.1) is 34.5 Å². The van der Waals surface area contributed by atoms with Crippen molar-refractivity contribution in [3.05, 3.63) is 24.5 Å². The quantitative estimate of drug-likeness (QED) is 0.739. The fourth-order valence-corrected chi connectivity index (χ4v) is 2.31. The zero-order chi connectivity index (χ0) is 17.9. The number of nitrogens with zero attached hydrogens (tertiary/aromatic N) is 4. The van der Waals surface area contributed by atoms with Crippen molar-refractivity contribution in [2.75, 3.05) is 0 Å². The van der Waals surface area contributed by atoms with Gasteiger partial charge in [-0.1, -0.05) is 27.7 Å². The number of nitrogens with one attached hydrogen (secondary N) is 1. The molecule has 0 aliphatic rings. The first-order chi connectivity index (χ1) is 10.7. The lowest BCUT2D eigenvalue weighted by molar-refractivity contribution is 0.384. The molecule has 1 heterocycles. The highest BCUT2D eigenvalue weighted by molar-refractivity contribution is 5.07. The van der Waals surface area contributed by atoms with Gasteiger partial charge in [-0.2, -0.15) is 20.8 Å². The van der Waals surface area contributed by atoms with Crippen LogP contribution in [-0.4, -0.2) is 16.1 Å². The highest BCUT2D eigenvalue weighted by atomic mass is 15.2. The third kappa shape index (κ3) is 9.47. The van der Waals surface area contributed by atoms with Crippen molar-refractivity contribution in [2.24, 2.45) is 22.1 Å². The molecule has 5 nitrogen and oxygen atoms in total. The van der Waals surface area contributed by atoms with Gasteiger partial charge in [0.1, 0.15) is 0 Å². The Bertz CT molecular complexity index is 480. The fourth-order valence-electron chi connectivity index (χ4n) is 2.31. The number of rotatable bonds is 6. The maximum Gasteiger partial charge on any atom is 0.165 e. The van der Waals surface area contributed by atoms with Crippen LogP contribution in [0.3, 0.4) is 0 Å². The summed E-state index contributed by atoms with van der Waals surface area (Å²) in [6, 6.07) is 8.27. The highest BCUT2D eigenvalue weighted by Gasteiger charge is 2.29. The molecule has 1 N–H and O–H groups in total. The molecular formula is C18H29N5. The van der Waals surface area contributed by atoms with E-state index < -0.39 is 11.1 Å². The van der Waals surface area contributed by atoms with Crippen molar-refractivity contribution in [3.8, 4) is 12.1 Å². The van der Waals surface area contributed by atoms with Crippen molar-refractivity contribution in [3.63, 3.8) is 0 Å². The molecular weight excluding hydrogens is 286 g/mol. The first kappa shape index (κ1) is 20.9. The minimum atomic E-state index is -0.830. The molecule has 0 saturated heterocycles. The Balaban J connectivity index is 0.000000809. The molecule has 1 aromatic rings. The van der Waals surface area contributed by atoms with E-state index in [2.05, 4.69) is 27.4 Å². The summed E-state index contributed by atoms with van der Waals surface area (Å²) in [4.78, 5) is 2.86. The predicted octanol–water partition coefficient (Wildman–Crippen LogP) is 5.11. The topological polar surface area (TPSA) is 88.1 Å². The molecule has 2 atom stereocenters. The van der Waals surface area contributed by atoms with Crippen molar-refractivity contribution in [2.45, 2.75) is 65.5 Å². The first-order valence-electron chi connectivity index (χ1n) is 8.00. The highest BCUT2D eigenvalue weighted by Crippen LogP contribution is 2.25. The molecule has 0 fully saturated rings. The van der Waals surface area contributed by atoms with E-state index in [0.717, 1.165) is 0 Å². The summed E-state index contributed by atoms with van der Waals surface area (Å²) in [6.45, 7) is 11.7. The van der Waals surface area contributed by atoms with Gasteiger partial charge in [-0.05, 0) is 50.7 Å². The summed E-state index contributed by atoms with van der Waals surface area (Å²) in [6.07, 6.45) is 5.05. The molecule has 0 radical (unpaired) electrons. The zero-order valence-corrected chi connectivity index (χ0v) is 15.2. The fraction of sp³-hybridized carbons (Fsp3) is 0.667. The third-order valence-corrected chi connectivity index (χ3v) is 3.08. The van der Waals surface area contributed by atoms with E-state index in [1.807, 2.05) is 52.2 Å². The summed E-state index contributed by atoms with van der Waals surface area (Å²) in [5.74, 6) is 0.735. The number of hydrogen-bond donors (Lipinski definition) is 1. The average Bonchev–Trinajstić information content (AvgIpc) is 3.03. The lowest BCUT2D eigenvalue weighted by atomic mass is 9.92. The Morgan fingerprint density at radius 1 is 0.870 bits per heavy atom. The number of hydrogen-bond acceptors (Lipinski definition) is 4. The second-order valence-corrected chi connectivity index (χ2v) is 7.05. The molecule has 0 amide bonds. The van der Waals surface area contributed by atoms with Crippen LogP contribution in [0.1, 0.15) is 54.4 Å². The second kappa shape index (κ2) is 9.79. The van der Waals surface area contributed by atoms with E-state index in [1.165, 1.54) is 0 Å². The lowest BCUT2D eigenvalue weighted by Gasteiger charge is -2.22. The smallest absolute Gasteiger partial charge is 0.165 e. The van der Waals surface area contributed by atoms with Gasteiger partial charge in [0.2, 0.25) is 0 Å². The molecule has 2 unspecified atom stereocenters. The Kier molecular flexibility index (Phi) is 8.88. The van der Waals surface area contributed by atoms with Crippen LogP contribution in [0.2, 0.25) is 0 Å². The Hall–Kier alpha value is -2.14. The van der Waals surface area contributed by atoms with Crippen LogP contribution in [0.4, 0.5) is 0 Å². The molecule has 1 rings (SSSR count). The van der Waals surface area contributed by atoms with E-state index in [-0.39, 0.29) is 0 Å². The van der Waals surface area contributed by atoms with Crippen LogP contribution >= 0.6 is 0 Å². The molecule has 1 aromatic heterocycles. The largest absolute Gasteiger partial charge is 0.368 e. The van der Waals surface area contributed by atoms with Gasteiger partial charge < -0.3 is 4.98 Å². The molecule has 0 aromatic carbocycles. The number of aromatic nitrogens is 1. The third-order valence-electron chi connectivity index (χ3n) is 3.08. The van der Waals surface area contributed by atoms with Gasteiger partial charge >= 0.3 is 0 Å². The van der Waals surface area contributed by atoms with Crippen molar-refractivity contribution in [1.29, 1.82) is 10.5 Å². The van der Waals surface area contributed by atoms with Crippen molar-refractivity contribution in [1.82, 2.24) is 4.98 Å². The van der Waals surface area contributed by atoms with Gasteiger partial charge in [-0.15, -0.1) is 0 Å². The molecule has 0 aliphatic carbocycles. The number of nitriles is 2. The Labute approximate surface area is 140 Å². The molecule has 23 heavy (non-hydrogen) atoms. The first-order valence-corrected chi connectivity index (χ1v) is 8.00. The SMILES string of the molecule is CC(C)CC(C)(C#N)N=NC(C)(C#N)CC(C)C.c1cc[nH]c1. The van der Waals surface area contributed by atoms with Gasteiger partial charge in [0.15, 0.2) is 11.1 Å². The van der Waals surface area contributed by atoms with Crippen LogP contribution in [0.5, 0.6) is 0 Å². The predicted molar refractivity (Wildman–Crippen MR) is 92.6 cm³/mol. The average molecular weight is 315 g/mol. The monoisotopic (exact) mass is 315 g/mol. The summed E-state index contributed by atoms with van der Waals surface area (Å²) < 4.78 is 0. The molecule has 0 aliphatic heterocycles. The van der Waals surface area contributed by atoms with Crippen LogP contribution in [0.25, 0.3) is 0 Å². The molecule has 126 valence electrons. The molecule has 0 saturated carbocycles. The normalized spacial score (nSPS) is 16.1. The van der Waals surface area contributed by atoms with Gasteiger partial charge in [0.25, 0.3) is 0 Å². The number of H-pyrrole nitrogens is 1. The van der Waals surface area contributed by atoms with Crippen molar-refractivity contribution < 1.29 is 0 Å².